The van der Waals surface area contributed by atoms with Gasteiger partial charge in [-0.3, -0.25) is 4.79 Å². The fourth-order valence-corrected chi connectivity index (χ4v) is 2.57. The van der Waals surface area contributed by atoms with Crippen LogP contribution in [-0.4, -0.2) is 37.6 Å². The molecule has 1 aromatic carbocycles. The average molecular weight is 294 g/mol. The number of benzene rings is 1. The maximum Gasteiger partial charge on any atom is 0.223 e. The zero-order valence-corrected chi connectivity index (χ0v) is 12.5. The molecule has 1 N–H and O–H groups in total. The highest BCUT2D eigenvalue weighted by Gasteiger charge is 2.15. The largest absolute Gasteiger partial charge is 0.494 e. The van der Waals surface area contributed by atoms with Crippen LogP contribution in [0.3, 0.4) is 0 Å². The van der Waals surface area contributed by atoms with Crippen LogP contribution in [-0.2, 0) is 11.3 Å². The van der Waals surface area contributed by atoms with Crippen molar-refractivity contribution in [3.8, 4) is 5.75 Å². The predicted octanol–water partition coefficient (Wildman–Crippen LogP) is 2.33. The Hall–Kier alpha value is -1.62. The first-order valence-corrected chi connectivity index (χ1v) is 7.52. The van der Waals surface area contributed by atoms with E-state index in [4.69, 9.17) is 4.74 Å². The number of likely N-dealkylation sites (tertiary alicyclic amines) is 1. The fourth-order valence-electron chi connectivity index (χ4n) is 2.57. The molecule has 1 aliphatic rings. The van der Waals surface area contributed by atoms with Gasteiger partial charge >= 0.3 is 0 Å². The summed E-state index contributed by atoms with van der Waals surface area (Å²) in [6.45, 7) is 2.72. The maximum absolute atomic E-state index is 13.9. The second-order valence-electron chi connectivity index (χ2n) is 5.30. The van der Waals surface area contributed by atoms with E-state index in [1.165, 1.54) is 13.5 Å². The molecule has 0 radical (unpaired) electrons. The van der Waals surface area contributed by atoms with Crippen LogP contribution in [0.1, 0.15) is 31.2 Å². The van der Waals surface area contributed by atoms with E-state index in [9.17, 15) is 9.18 Å². The standard InChI is InChI=1S/C16H23FN2O2/c1-21-14-7-5-6-13(16(14)17)12-18-9-8-15(20)19-10-3-2-4-11-19/h5-7,18H,2-4,8-12H2,1H3. The van der Waals surface area contributed by atoms with E-state index in [1.54, 1.807) is 18.2 Å². The van der Waals surface area contributed by atoms with E-state index in [2.05, 4.69) is 5.32 Å². The fraction of sp³-hybridized carbons (Fsp3) is 0.562. The van der Waals surface area contributed by atoms with Crippen molar-refractivity contribution < 1.29 is 13.9 Å². The van der Waals surface area contributed by atoms with Gasteiger partial charge < -0.3 is 15.0 Å². The molecule has 0 aliphatic carbocycles. The first-order chi connectivity index (χ1) is 10.2. The highest BCUT2D eigenvalue weighted by molar-refractivity contribution is 5.76. The molecule has 4 nitrogen and oxygen atoms in total. The molecule has 0 spiro atoms. The zero-order chi connectivity index (χ0) is 15.1. The second kappa shape index (κ2) is 7.98. The Bertz CT molecular complexity index is 473. The van der Waals surface area contributed by atoms with Crippen LogP contribution in [0.2, 0.25) is 0 Å². The predicted molar refractivity (Wildman–Crippen MR) is 79.7 cm³/mol. The number of methoxy groups -OCH3 is 1. The Morgan fingerprint density at radius 3 is 2.81 bits per heavy atom. The van der Waals surface area contributed by atoms with Crippen molar-refractivity contribution in [2.75, 3.05) is 26.7 Å². The van der Waals surface area contributed by atoms with Crippen LogP contribution in [0, 0.1) is 5.82 Å². The van der Waals surface area contributed by atoms with Crippen LogP contribution in [0.15, 0.2) is 18.2 Å². The van der Waals surface area contributed by atoms with Crippen molar-refractivity contribution in [3.05, 3.63) is 29.6 Å². The van der Waals surface area contributed by atoms with Crippen LogP contribution in [0.25, 0.3) is 0 Å². The molecular formula is C16H23FN2O2. The van der Waals surface area contributed by atoms with Crippen molar-refractivity contribution >= 4 is 5.91 Å². The van der Waals surface area contributed by atoms with Gasteiger partial charge in [0.2, 0.25) is 5.91 Å². The molecule has 1 aromatic rings. The highest BCUT2D eigenvalue weighted by Crippen LogP contribution is 2.19. The molecule has 0 bridgehead atoms. The number of ether oxygens (including phenoxy) is 1. The van der Waals surface area contributed by atoms with E-state index >= 15 is 0 Å². The second-order valence-corrected chi connectivity index (χ2v) is 5.30. The molecular weight excluding hydrogens is 271 g/mol. The number of carbonyl (C=O) groups excluding carboxylic acids is 1. The Morgan fingerprint density at radius 1 is 1.33 bits per heavy atom. The van der Waals surface area contributed by atoms with E-state index < -0.39 is 0 Å². The number of hydrogen-bond acceptors (Lipinski definition) is 3. The van der Waals surface area contributed by atoms with Gasteiger partial charge in [-0.2, -0.15) is 0 Å². The van der Waals surface area contributed by atoms with Gasteiger partial charge in [0.1, 0.15) is 0 Å². The number of nitrogens with zero attached hydrogens (tertiary/aromatic N) is 1. The summed E-state index contributed by atoms with van der Waals surface area (Å²) >= 11 is 0. The summed E-state index contributed by atoms with van der Waals surface area (Å²) in [7, 11) is 1.45. The van der Waals surface area contributed by atoms with Crippen molar-refractivity contribution in [1.29, 1.82) is 0 Å². The lowest BCUT2D eigenvalue weighted by Crippen LogP contribution is -2.37. The first-order valence-electron chi connectivity index (χ1n) is 7.52. The van der Waals surface area contributed by atoms with Crippen LogP contribution in [0.5, 0.6) is 5.75 Å². The van der Waals surface area contributed by atoms with Crippen LogP contribution >= 0.6 is 0 Å². The van der Waals surface area contributed by atoms with E-state index in [0.29, 0.717) is 25.1 Å². The van der Waals surface area contributed by atoms with Gasteiger partial charge in [-0.1, -0.05) is 12.1 Å². The number of hydrogen-bond donors (Lipinski definition) is 1. The molecule has 0 aromatic heterocycles. The van der Waals surface area contributed by atoms with Crippen molar-refractivity contribution in [1.82, 2.24) is 10.2 Å². The molecule has 116 valence electrons. The molecule has 0 saturated carbocycles. The third-order valence-corrected chi connectivity index (χ3v) is 3.80. The minimum Gasteiger partial charge on any atom is -0.494 e. The summed E-state index contributed by atoms with van der Waals surface area (Å²) < 4.78 is 18.9. The molecule has 1 fully saturated rings. The molecule has 0 unspecified atom stereocenters. The van der Waals surface area contributed by atoms with E-state index in [0.717, 1.165) is 25.9 Å². The summed E-state index contributed by atoms with van der Waals surface area (Å²) in [5, 5.41) is 3.12. The van der Waals surface area contributed by atoms with Crippen molar-refractivity contribution in [3.63, 3.8) is 0 Å². The summed E-state index contributed by atoms with van der Waals surface area (Å²) in [6.07, 6.45) is 3.89. The topological polar surface area (TPSA) is 41.6 Å². The molecule has 2 rings (SSSR count). The van der Waals surface area contributed by atoms with Gasteiger partial charge in [-0.05, 0) is 25.3 Å². The smallest absolute Gasteiger partial charge is 0.223 e. The zero-order valence-electron chi connectivity index (χ0n) is 12.5. The van der Waals surface area contributed by atoms with Gasteiger partial charge in [0.25, 0.3) is 0 Å². The number of piperidine rings is 1. The summed E-state index contributed by atoms with van der Waals surface area (Å²) in [5.74, 6) is 0.0989. The Kier molecular flexibility index (Phi) is 5.99. The highest BCUT2D eigenvalue weighted by atomic mass is 19.1. The quantitative estimate of drug-likeness (QED) is 0.819. The maximum atomic E-state index is 13.9. The molecule has 1 amide bonds. The SMILES string of the molecule is COc1cccc(CNCCC(=O)N2CCCCC2)c1F. The number of amides is 1. The van der Waals surface area contributed by atoms with Crippen LogP contribution in [0.4, 0.5) is 4.39 Å². The Labute approximate surface area is 125 Å². The summed E-state index contributed by atoms with van der Waals surface area (Å²) in [4.78, 5) is 13.9. The average Bonchev–Trinajstić information content (AvgIpc) is 2.53. The van der Waals surface area contributed by atoms with Gasteiger partial charge in [-0.25, -0.2) is 4.39 Å². The normalized spacial score (nSPS) is 15.0. The number of halogens is 1. The van der Waals surface area contributed by atoms with Gasteiger partial charge in [0.05, 0.1) is 7.11 Å². The molecule has 0 atom stereocenters. The van der Waals surface area contributed by atoms with Gasteiger partial charge in [-0.15, -0.1) is 0 Å². The molecule has 1 heterocycles. The monoisotopic (exact) mass is 294 g/mol. The lowest BCUT2D eigenvalue weighted by molar-refractivity contribution is -0.131. The van der Waals surface area contributed by atoms with Gasteiger partial charge in [0.15, 0.2) is 11.6 Å². The van der Waals surface area contributed by atoms with Crippen molar-refractivity contribution in [2.24, 2.45) is 0 Å². The Balaban J connectivity index is 1.73. The molecule has 1 saturated heterocycles. The van der Waals surface area contributed by atoms with Gasteiger partial charge in [0, 0.05) is 38.2 Å². The minimum absolute atomic E-state index is 0.188. The third-order valence-electron chi connectivity index (χ3n) is 3.80. The molecule has 21 heavy (non-hydrogen) atoms. The Morgan fingerprint density at radius 2 is 2.10 bits per heavy atom. The minimum atomic E-state index is -0.338. The molecule has 1 aliphatic heterocycles. The first kappa shape index (κ1) is 15.8. The summed E-state index contributed by atoms with van der Waals surface area (Å²) in [5.41, 5.74) is 0.555. The number of nitrogens with one attached hydrogen (secondary N) is 1. The third kappa shape index (κ3) is 4.43. The lowest BCUT2D eigenvalue weighted by Gasteiger charge is -2.26. The number of carbonyl (C=O) groups is 1. The van der Waals surface area contributed by atoms with E-state index in [1.807, 2.05) is 4.90 Å². The van der Waals surface area contributed by atoms with Crippen LogP contribution < -0.4 is 10.1 Å². The van der Waals surface area contributed by atoms with Crippen molar-refractivity contribution in [2.45, 2.75) is 32.2 Å². The molecule has 5 heteroatoms. The summed E-state index contributed by atoms with van der Waals surface area (Å²) in [6, 6.07) is 5.08. The van der Waals surface area contributed by atoms with E-state index in [-0.39, 0.29) is 17.5 Å². The lowest BCUT2D eigenvalue weighted by atomic mass is 10.1. The number of rotatable bonds is 6.